The van der Waals surface area contributed by atoms with Gasteiger partial charge in [0.05, 0.1) is 10.7 Å². The van der Waals surface area contributed by atoms with Crippen molar-refractivity contribution >= 4 is 17.2 Å². The molecule has 4 heteroatoms. The zero-order valence-corrected chi connectivity index (χ0v) is 15.4. The fraction of sp³-hybridized carbons (Fsp3) is 0.238. The van der Waals surface area contributed by atoms with E-state index in [4.69, 9.17) is 0 Å². The van der Waals surface area contributed by atoms with Gasteiger partial charge in [0.2, 0.25) is 0 Å². The van der Waals surface area contributed by atoms with Gasteiger partial charge in [-0.3, -0.25) is 4.79 Å². The highest BCUT2D eigenvalue weighted by atomic mass is 32.1. The monoisotopic (exact) mass is 350 g/mol. The summed E-state index contributed by atoms with van der Waals surface area (Å²) < 4.78 is 0. The first kappa shape index (κ1) is 17.4. The Hall–Kier alpha value is -2.46. The predicted octanol–water partition coefficient (Wildman–Crippen LogP) is 4.32. The average molecular weight is 350 g/mol. The second kappa shape index (κ2) is 8.08. The van der Waals surface area contributed by atoms with Crippen LogP contribution in [0.25, 0.3) is 0 Å². The molecule has 0 bridgehead atoms. The lowest BCUT2D eigenvalue weighted by molar-refractivity contribution is 0.0957. The Bertz CT molecular complexity index is 855. The van der Waals surface area contributed by atoms with E-state index >= 15 is 0 Å². The van der Waals surface area contributed by atoms with Crippen molar-refractivity contribution in [2.45, 2.75) is 26.7 Å². The Kier molecular flexibility index (Phi) is 5.61. The van der Waals surface area contributed by atoms with Crippen molar-refractivity contribution in [2.75, 3.05) is 6.54 Å². The van der Waals surface area contributed by atoms with E-state index in [1.54, 1.807) is 0 Å². The Labute approximate surface area is 152 Å². The van der Waals surface area contributed by atoms with E-state index < -0.39 is 0 Å². The van der Waals surface area contributed by atoms with Gasteiger partial charge in [-0.2, -0.15) is 0 Å². The molecule has 1 N–H and O–H groups in total. The zero-order chi connectivity index (χ0) is 17.6. The molecule has 1 amide bonds. The van der Waals surface area contributed by atoms with Crippen LogP contribution in [0.1, 0.15) is 37.1 Å². The summed E-state index contributed by atoms with van der Waals surface area (Å²) in [4.78, 5) is 17.7. The van der Waals surface area contributed by atoms with Crippen LogP contribution in [-0.4, -0.2) is 17.4 Å². The number of rotatable bonds is 6. The highest BCUT2D eigenvalue weighted by molar-refractivity contribution is 7.13. The Morgan fingerprint density at radius 2 is 1.76 bits per heavy atom. The molecule has 25 heavy (non-hydrogen) atoms. The Morgan fingerprint density at radius 3 is 2.52 bits per heavy atom. The van der Waals surface area contributed by atoms with Crippen molar-refractivity contribution in [3.8, 4) is 0 Å². The molecule has 0 atom stereocenters. The van der Waals surface area contributed by atoms with E-state index in [9.17, 15) is 4.79 Å². The molecule has 3 rings (SSSR count). The van der Waals surface area contributed by atoms with E-state index in [1.165, 1.54) is 28.0 Å². The van der Waals surface area contributed by atoms with Crippen LogP contribution in [0.5, 0.6) is 0 Å². The lowest BCUT2D eigenvalue weighted by atomic mass is 10.1. The summed E-state index contributed by atoms with van der Waals surface area (Å²) in [5, 5.41) is 4.00. The number of amides is 1. The first-order valence-corrected chi connectivity index (χ1v) is 9.28. The summed E-state index contributed by atoms with van der Waals surface area (Å²) in [6, 6.07) is 18.5. The normalized spacial score (nSPS) is 10.6. The van der Waals surface area contributed by atoms with E-state index in [0.717, 1.165) is 28.4 Å². The summed E-state index contributed by atoms with van der Waals surface area (Å²) in [5.74, 6) is -0.0251. The number of aromatic nitrogens is 1. The van der Waals surface area contributed by atoms with Crippen molar-refractivity contribution in [2.24, 2.45) is 0 Å². The molecular formula is C21H22N2OS. The van der Waals surface area contributed by atoms with Gasteiger partial charge in [0.1, 0.15) is 4.88 Å². The highest BCUT2D eigenvalue weighted by Crippen LogP contribution is 2.20. The molecule has 2 aromatic carbocycles. The maximum Gasteiger partial charge on any atom is 0.263 e. The topological polar surface area (TPSA) is 42.0 Å². The molecule has 3 nitrogen and oxygen atoms in total. The number of thiazole rings is 1. The van der Waals surface area contributed by atoms with E-state index in [2.05, 4.69) is 41.5 Å². The van der Waals surface area contributed by atoms with Crippen LogP contribution in [0.2, 0.25) is 0 Å². The van der Waals surface area contributed by atoms with Gasteiger partial charge in [-0.1, -0.05) is 54.6 Å². The van der Waals surface area contributed by atoms with Gasteiger partial charge in [0, 0.05) is 13.0 Å². The van der Waals surface area contributed by atoms with Gasteiger partial charge in [-0.25, -0.2) is 4.98 Å². The summed E-state index contributed by atoms with van der Waals surface area (Å²) in [5.41, 5.74) is 4.55. The molecule has 1 heterocycles. The maximum atomic E-state index is 12.5. The van der Waals surface area contributed by atoms with Gasteiger partial charge in [0.15, 0.2) is 0 Å². The minimum absolute atomic E-state index is 0.0251. The van der Waals surface area contributed by atoms with Gasteiger partial charge in [0.25, 0.3) is 5.91 Å². The second-order valence-electron chi connectivity index (χ2n) is 6.12. The van der Waals surface area contributed by atoms with Gasteiger partial charge >= 0.3 is 0 Å². The lowest BCUT2D eigenvalue weighted by Gasteiger charge is -2.06. The molecule has 0 fully saturated rings. The fourth-order valence-electron chi connectivity index (χ4n) is 2.79. The van der Waals surface area contributed by atoms with Crippen LogP contribution < -0.4 is 5.32 Å². The largest absolute Gasteiger partial charge is 0.351 e. The Balaban J connectivity index is 1.60. The number of nitrogens with one attached hydrogen (secondary N) is 1. The molecule has 0 radical (unpaired) electrons. The lowest BCUT2D eigenvalue weighted by Crippen LogP contribution is -2.25. The quantitative estimate of drug-likeness (QED) is 0.719. The summed E-state index contributed by atoms with van der Waals surface area (Å²) in [6.07, 6.45) is 1.61. The number of benzene rings is 2. The second-order valence-corrected chi connectivity index (χ2v) is 7.20. The van der Waals surface area contributed by atoms with Crippen molar-refractivity contribution < 1.29 is 4.79 Å². The number of hydrogen-bond acceptors (Lipinski definition) is 3. The molecule has 1 aromatic heterocycles. The van der Waals surface area contributed by atoms with E-state index in [-0.39, 0.29) is 5.91 Å². The predicted molar refractivity (Wildman–Crippen MR) is 103 cm³/mol. The van der Waals surface area contributed by atoms with Crippen LogP contribution in [0.15, 0.2) is 54.6 Å². The minimum Gasteiger partial charge on any atom is -0.351 e. The molecule has 0 aliphatic rings. The Morgan fingerprint density at radius 1 is 1.04 bits per heavy atom. The molecule has 3 aromatic rings. The SMILES string of the molecule is Cc1ccccc1CCNC(=O)c1sc(Cc2ccccc2)nc1C. The molecule has 0 aliphatic heterocycles. The highest BCUT2D eigenvalue weighted by Gasteiger charge is 2.15. The van der Waals surface area contributed by atoms with Gasteiger partial charge < -0.3 is 5.32 Å². The minimum atomic E-state index is -0.0251. The van der Waals surface area contributed by atoms with Crippen LogP contribution >= 0.6 is 11.3 Å². The van der Waals surface area contributed by atoms with E-state index in [1.807, 2.05) is 37.3 Å². The number of aryl methyl sites for hydroxylation is 2. The molecule has 0 spiro atoms. The smallest absolute Gasteiger partial charge is 0.263 e. The fourth-order valence-corrected chi connectivity index (χ4v) is 3.81. The molecule has 128 valence electrons. The van der Waals surface area contributed by atoms with Crippen LogP contribution in [-0.2, 0) is 12.8 Å². The van der Waals surface area contributed by atoms with Crippen LogP contribution in [0, 0.1) is 13.8 Å². The van der Waals surface area contributed by atoms with Crippen LogP contribution in [0.3, 0.4) is 0 Å². The number of carbonyl (C=O) groups is 1. The number of carbonyl (C=O) groups excluding carboxylic acids is 1. The third-order valence-electron chi connectivity index (χ3n) is 4.19. The summed E-state index contributed by atoms with van der Waals surface area (Å²) in [7, 11) is 0. The summed E-state index contributed by atoms with van der Waals surface area (Å²) in [6.45, 7) is 4.64. The third-order valence-corrected chi connectivity index (χ3v) is 5.34. The molecule has 0 saturated heterocycles. The first-order valence-electron chi connectivity index (χ1n) is 8.46. The van der Waals surface area contributed by atoms with Crippen molar-refractivity contribution in [3.63, 3.8) is 0 Å². The van der Waals surface area contributed by atoms with Gasteiger partial charge in [-0.05, 0) is 37.0 Å². The van der Waals surface area contributed by atoms with E-state index in [0.29, 0.717) is 6.54 Å². The van der Waals surface area contributed by atoms with Crippen molar-refractivity contribution in [3.05, 3.63) is 86.9 Å². The average Bonchev–Trinajstić information content (AvgIpc) is 2.98. The van der Waals surface area contributed by atoms with Crippen molar-refractivity contribution in [1.82, 2.24) is 10.3 Å². The van der Waals surface area contributed by atoms with Crippen molar-refractivity contribution in [1.29, 1.82) is 0 Å². The number of hydrogen-bond donors (Lipinski definition) is 1. The van der Waals surface area contributed by atoms with Gasteiger partial charge in [-0.15, -0.1) is 11.3 Å². The molecular weight excluding hydrogens is 328 g/mol. The molecule has 0 saturated carbocycles. The standard InChI is InChI=1S/C21H22N2OS/c1-15-8-6-7-11-18(15)12-13-22-21(24)20-16(2)23-19(25-20)14-17-9-4-3-5-10-17/h3-11H,12-14H2,1-2H3,(H,22,24). The molecule has 0 unspecified atom stereocenters. The maximum absolute atomic E-state index is 12.5. The summed E-state index contributed by atoms with van der Waals surface area (Å²) >= 11 is 1.49. The first-order chi connectivity index (χ1) is 12.1. The van der Waals surface area contributed by atoms with Crippen LogP contribution in [0.4, 0.5) is 0 Å². The number of nitrogens with zero attached hydrogens (tertiary/aromatic N) is 1. The third kappa shape index (κ3) is 4.54. The molecule has 0 aliphatic carbocycles. The zero-order valence-electron chi connectivity index (χ0n) is 14.6.